The van der Waals surface area contributed by atoms with Gasteiger partial charge in [-0.3, -0.25) is 0 Å². The van der Waals surface area contributed by atoms with E-state index in [1.807, 2.05) is 6.92 Å². The van der Waals surface area contributed by atoms with E-state index in [0.29, 0.717) is 6.04 Å². The van der Waals surface area contributed by atoms with Crippen LogP contribution in [0.25, 0.3) is 0 Å². The third kappa shape index (κ3) is 2.64. The number of anilines is 1. The number of likely N-dealkylation sites (N-methyl/N-ethyl adjacent to an activating group) is 1. The van der Waals surface area contributed by atoms with Gasteiger partial charge in [0.15, 0.2) is 10.8 Å². The van der Waals surface area contributed by atoms with Gasteiger partial charge in [-0.25, -0.2) is 9.78 Å². The molecule has 2 rings (SSSR count). The summed E-state index contributed by atoms with van der Waals surface area (Å²) < 4.78 is 0. The van der Waals surface area contributed by atoms with Crippen LogP contribution in [0.3, 0.4) is 0 Å². The molecule has 1 aromatic rings. The highest BCUT2D eigenvalue weighted by atomic mass is 32.1. The first kappa shape index (κ1) is 13.3. The maximum atomic E-state index is 11.0. The van der Waals surface area contributed by atoms with Crippen molar-refractivity contribution in [2.45, 2.75) is 26.3 Å². The number of aromatic carboxylic acids is 1. The minimum absolute atomic E-state index is 0.194. The van der Waals surface area contributed by atoms with Crippen molar-refractivity contribution >= 4 is 22.4 Å². The van der Waals surface area contributed by atoms with Crippen LogP contribution in [0.4, 0.5) is 5.13 Å². The number of thiazole rings is 1. The largest absolute Gasteiger partial charge is 0.476 e. The van der Waals surface area contributed by atoms with Crippen molar-refractivity contribution in [3.05, 3.63) is 10.6 Å². The Bertz CT molecular complexity index is 447. The molecule has 1 unspecified atom stereocenters. The zero-order chi connectivity index (χ0) is 13.3. The molecule has 2 heterocycles. The Hall–Kier alpha value is -1.14. The van der Waals surface area contributed by atoms with Crippen molar-refractivity contribution in [2.24, 2.45) is 0 Å². The molecule has 5 nitrogen and oxygen atoms in total. The van der Waals surface area contributed by atoms with Crippen LogP contribution in [0.1, 0.15) is 28.7 Å². The first-order valence-electron chi connectivity index (χ1n) is 6.15. The third-order valence-corrected chi connectivity index (χ3v) is 4.29. The maximum absolute atomic E-state index is 11.0. The topological polar surface area (TPSA) is 56.7 Å². The fraction of sp³-hybridized carbons (Fsp3) is 0.667. The average molecular weight is 269 g/mol. The summed E-state index contributed by atoms with van der Waals surface area (Å²) in [5.74, 6) is -0.936. The van der Waals surface area contributed by atoms with Gasteiger partial charge >= 0.3 is 5.97 Å². The van der Waals surface area contributed by atoms with Gasteiger partial charge in [0.25, 0.3) is 0 Å². The molecule has 1 aliphatic rings. The van der Waals surface area contributed by atoms with Gasteiger partial charge < -0.3 is 14.9 Å². The van der Waals surface area contributed by atoms with Crippen molar-refractivity contribution in [1.29, 1.82) is 0 Å². The Morgan fingerprint density at radius 2 is 2.22 bits per heavy atom. The SMILES string of the molecule is Cc1sc(N2CCCN(C)CC2C)nc1C(=O)O. The second kappa shape index (κ2) is 5.24. The molecular weight excluding hydrogens is 250 g/mol. The van der Waals surface area contributed by atoms with Crippen molar-refractivity contribution in [3.63, 3.8) is 0 Å². The number of aromatic nitrogens is 1. The highest BCUT2D eigenvalue weighted by Crippen LogP contribution is 2.28. The average Bonchev–Trinajstić information content (AvgIpc) is 2.57. The first-order chi connectivity index (χ1) is 8.49. The van der Waals surface area contributed by atoms with Gasteiger partial charge in [-0.1, -0.05) is 0 Å². The van der Waals surface area contributed by atoms with Crippen LogP contribution in [-0.2, 0) is 0 Å². The number of hydrogen-bond acceptors (Lipinski definition) is 5. The molecule has 1 atom stereocenters. The summed E-state index contributed by atoms with van der Waals surface area (Å²) in [6.45, 7) is 6.99. The summed E-state index contributed by atoms with van der Waals surface area (Å²) in [5.41, 5.74) is 0.194. The van der Waals surface area contributed by atoms with Crippen LogP contribution in [0.2, 0.25) is 0 Å². The number of hydrogen-bond donors (Lipinski definition) is 1. The van der Waals surface area contributed by atoms with Crippen LogP contribution in [0.5, 0.6) is 0 Å². The molecule has 0 saturated carbocycles. The van der Waals surface area contributed by atoms with Crippen LogP contribution >= 0.6 is 11.3 Å². The molecule has 1 aliphatic heterocycles. The van der Waals surface area contributed by atoms with Gasteiger partial charge in [0.05, 0.1) is 0 Å². The molecule has 1 saturated heterocycles. The fourth-order valence-corrected chi connectivity index (χ4v) is 3.39. The number of aryl methyl sites for hydroxylation is 1. The van der Waals surface area contributed by atoms with E-state index in [1.54, 1.807) is 0 Å². The molecule has 1 N–H and O–H groups in total. The number of carboxylic acids is 1. The van der Waals surface area contributed by atoms with Crippen molar-refractivity contribution < 1.29 is 9.90 Å². The normalized spacial score (nSPS) is 21.9. The number of carboxylic acid groups (broad SMARTS) is 1. The summed E-state index contributed by atoms with van der Waals surface area (Å²) in [6.07, 6.45) is 1.09. The smallest absolute Gasteiger partial charge is 0.355 e. The van der Waals surface area contributed by atoms with Gasteiger partial charge in [-0.2, -0.15) is 0 Å². The Labute approximate surface area is 111 Å². The van der Waals surface area contributed by atoms with Gasteiger partial charge in [-0.05, 0) is 33.9 Å². The zero-order valence-electron chi connectivity index (χ0n) is 11.0. The first-order valence-corrected chi connectivity index (χ1v) is 6.96. The van der Waals surface area contributed by atoms with Crippen LogP contribution in [0, 0.1) is 6.92 Å². The van der Waals surface area contributed by atoms with Crippen molar-refractivity contribution in [2.75, 3.05) is 31.6 Å². The van der Waals surface area contributed by atoms with Gasteiger partial charge in [0, 0.05) is 24.0 Å². The van der Waals surface area contributed by atoms with E-state index in [1.165, 1.54) is 11.3 Å². The van der Waals surface area contributed by atoms with E-state index in [4.69, 9.17) is 5.11 Å². The molecule has 0 bridgehead atoms. The number of carbonyl (C=O) groups is 1. The monoisotopic (exact) mass is 269 g/mol. The summed E-state index contributed by atoms with van der Waals surface area (Å²) in [5, 5.41) is 9.90. The molecule has 0 aliphatic carbocycles. The maximum Gasteiger partial charge on any atom is 0.355 e. The lowest BCUT2D eigenvalue weighted by atomic mass is 10.3. The third-order valence-electron chi connectivity index (χ3n) is 3.28. The Kier molecular flexibility index (Phi) is 3.87. The van der Waals surface area contributed by atoms with Gasteiger partial charge in [0.2, 0.25) is 0 Å². The minimum atomic E-state index is -0.936. The lowest BCUT2D eigenvalue weighted by molar-refractivity contribution is 0.0690. The van der Waals surface area contributed by atoms with E-state index < -0.39 is 5.97 Å². The van der Waals surface area contributed by atoms with Crippen LogP contribution < -0.4 is 4.90 Å². The quantitative estimate of drug-likeness (QED) is 0.885. The second-order valence-electron chi connectivity index (χ2n) is 4.86. The standard InChI is InChI=1S/C12H19N3O2S/c1-8-7-14(3)5-4-6-15(8)12-13-10(11(16)17)9(2)18-12/h8H,4-7H2,1-3H3,(H,16,17). The molecule has 100 valence electrons. The molecule has 0 amide bonds. The van der Waals surface area contributed by atoms with E-state index in [-0.39, 0.29) is 5.69 Å². The lowest BCUT2D eigenvalue weighted by Crippen LogP contribution is -2.37. The molecule has 1 aromatic heterocycles. The van der Waals surface area contributed by atoms with E-state index in [0.717, 1.165) is 36.1 Å². The summed E-state index contributed by atoms with van der Waals surface area (Å²) >= 11 is 1.48. The Morgan fingerprint density at radius 3 is 2.83 bits per heavy atom. The van der Waals surface area contributed by atoms with Crippen molar-refractivity contribution in [1.82, 2.24) is 9.88 Å². The minimum Gasteiger partial charge on any atom is -0.476 e. The summed E-state index contributed by atoms with van der Waals surface area (Å²) in [7, 11) is 2.12. The Balaban J connectivity index is 2.24. The van der Waals surface area contributed by atoms with Crippen LogP contribution in [-0.4, -0.2) is 53.7 Å². The molecular formula is C12H19N3O2S. The second-order valence-corrected chi connectivity index (χ2v) is 6.05. The summed E-state index contributed by atoms with van der Waals surface area (Å²) in [4.78, 5) is 20.6. The van der Waals surface area contributed by atoms with Gasteiger partial charge in [-0.15, -0.1) is 11.3 Å². The number of nitrogens with zero attached hydrogens (tertiary/aromatic N) is 3. The number of rotatable bonds is 2. The molecule has 1 fully saturated rings. The predicted molar refractivity (Wildman–Crippen MR) is 72.7 cm³/mol. The van der Waals surface area contributed by atoms with E-state index >= 15 is 0 Å². The van der Waals surface area contributed by atoms with E-state index in [9.17, 15) is 4.79 Å². The zero-order valence-corrected chi connectivity index (χ0v) is 11.8. The van der Waals surface area contributed by atoms with Crippen LogP contribution in [0.15, 0.2) is 0 Å². The molecule has 0 aromatic carbocycles. The molecule has 0 radical (unpaired) electrons. The summed E-state index contributed by atoms with van der Waals surface area (Å²) in [6, 6.07) is 0.365. The predicted octanol–water partition coefficient (Wildman–Crippen LogP) is 1.68. The van der Waals surface area contributed by atoms with Gasteiger partial charge in [0.1, 0.15) is 0 Å². The lowest BCUT2D eigenvalue weighted by Gasteiger charge is -2.27. The fourth-order valence-electron chi connectivity index (χ4n) is 2.36. The molecule has 0 spiro atoms. The highest BCUT2D eigenvalue weighted by Gasteiger charge is 2.24. The van der Waals surface area contributed by atoms with E-state index in [2.05, 4.69) is 28.8 Å². The highest BCUT2D eigenvalue weighted by molar-refractivity contribution is 7.15. The molecule has 6 heteroatoms. The molecule has 18 heavy (non-hydrogen) atoms. The van der Waals surface area contributed by atoms with Crippen molar-refractivity contribution in [3.8, 4) is 0 Å². The Morgan fingerprint density at radius 1 is 1.50 bits per heavy atom.